The van der Waals surface area contributed by atoms with E-state index in [4.69, 9.17) is 23.7 Å². The molecular formula is C26H29NO8. The average molecular weight is 484 g/mol. The van der Waals surface area contributed by atoms with Gasteiger partial charge in [0, 0.05) is 25.8 Å². The molecule has 1 N–H and O–H groups in total. The number of aliphatic hydroxyl groups excluding tert-OH is 1. The lowest BCUT2D eigenvalue weighted by atomic mass is 9.94. The summed E-state index contributed by atoms with van der Waals surface area (Å²) >= 11 is 0. The van der Waals surface area contributed by atoms with E-state index in [1.807, 2.05) is 6.92 Å². The molecule has 1 amide bonds. The molecule has 0 radical (unpaired) electrons. The summed E-state index contributed by atoms with van der Waals surface area (Å²) in [7, 11) is 3.09. The number of benzene rings is 2. The van der Waals surface area contributed by atoms with Gasteiger partial charge in [-0.2, -0.15) is 0 Å². The number of methoxy groups -OCH3 is 2. The van der Waals surface area contributed by atoms with Gasteiger partial charge in [0.25, 0.3) is 11.7 Å². The predicted octanol–water partition coefficient (Wildman–Crippen LogP) is 3.32. The molecule has 35 heavy (non-hydrogen) atoms. The summed E-state index contributed by atoms with van der Waals surface area (Å²) in [6.07, 6.45) is 0.526. The third-order valence-corrected chi connectivity index (χ3v) is 5.91. The number of hydrogen-bond acceptors (Lipinski definition) is 8. The monoisotopic (exact) mass is 483 g/mol. The van der Waals surface area contributed by atoms with Gasteiger partial charge < -0.3 is 33.7 Å². The second-order valence-electron chi connectivity index (χ2n) is 8.04. The van der Waals surface area contributed by atoms with E-state index in [9.17, 15) is 14.7 Å². The lowest BCUT2D eigenvalue weighted by molar-refractivity contribution is -0.140. The molecule has 1 atom stereocenters. The van der Waals surface area contributed by atoms with E-state index in [1.165, 1.54) is 12.0 Å². The number of ketones is 1. The fourth-order valence-corrected chi connectivity index (χ4v) is 4.31. The summed E-state index contributed by atoms with van der Waals surface area (Å²) in [6, 6.07) is 9.33. The summed E-state index contributed by atoms with van der Waals surface area (Å²) in [4.78, 5) is 27.7. The van der Waals surface area contributed by atoms with E-state index >= 15 is 0 Å². The molecule has 186 valence electrons. The van der Waals surface area contributed by atoms with Crippen molar-refractivity contribution in [2.24, 2.45) is 0 Å². The highest BCUT2D eigenvalue weighted by Crippen LogP contribution is 2.43. The van der Waals surface area contributed by atoms with E-state index < -0.39 is 17.7 Å². The summed E-state index contributed by atoms with van der Waals surface area (Å²) in [5.41, 5.74) is 0.961. The normalized spacial score (nSPS) is 18.6. The molecule has 1 fully saturated rings. The second-order valence-corrected chi connectivity index (χ2v) is 8.04. The number of rotatable bonds is 9. The maximum atomic E-state index is 13.2. The number of hydrogen-bond donors (Lipinski definition) is 1. The Morgan fingerprint density at radius 1 is 1.06 bits per heavy atom. The molecule has 0 aliphatic carbocycles. The van der Waals surface area contributed by atoms with E-state index in [0.717, 1.165) is 0 Å². The number of carbonyl (C=O) groups is 2. The predicted molar refractivity (Wildman–Crippen MR) is 127 cm³/mol. The first-order valence-electron chi connectivity index (χ1n) is 11.5. The van der Waals surface area contributed by atoms with Crippen LogP contribution < -0.4 is 18.9 Å². The van der Waals surface area contributed by atoms with Gasteiger partial charge in [0.1, 0.15) is 19.0 Å². The van der Waals surface area contributed by atoms with Crippen LogP contribution in [0.4, 0.5) is 0 Å². The molecule has 2 aromatic carbocycles. The maximum absolute atomic E-state index is 13.2. The molecule has 0 saturated carbocycles. The second kappa shape index (κ2) is 10.7. The van der Waals surface area contributed by atoms with E-state index in [1.54, 1.807) is 43.5 Å². The number of fused-ring (bicyclic) bond motifs is 1. The third kappa shape index (κ3) is 4.77. The summed E-state index contributed by atoms with van der Waals surface area (Å²) in [5, 5.41) is 11.3. The minimum absolute atomic E-state index is 0.00434. The third-order valence-electron chi connectivity index (χ3n) is 5.91. The number of carbonyl (C=O) groups excluding carboxylic acids is 2. The first-order chi connectivity index (χ1) is 17.0. The minimum Gasteiger partial charge on any atom is -0.507 e. The molecular weight excluding hydrogens is 454 g/mol. The number of Topliss-reactive ketones (excluding diaryl/α,β-unsaturated/α-hetero) is 1. The molecule has 1 saturated heterocycles. The molecule has 0 bridgehead atoms. The zero-order valence-electron chi connectivity index (χ0n) is 20.0. The van der Waals surface area contributed by atoms with Gasteiger partial charge in [-0.1, -0.05) is 6.07 Å². The number of likely N-dealkylation sites (tertiary alicyclic amines) is 1. The summed E-state index contributed by atoms with van der Waals surface area (Å²) < 4.78 is 27.4. The number of amides is 1. The van der Waals surface area contributed by atoms with Crippen molar-refractivity contribution in [1.29, 1.82) is 0 Å². The van der Waals surface area contributed by atoms with Crippen LogP contribution in [-0.2, 0) is 14.3 Å². The molecule has 4 rings (SSSR count). The quantitative estimate of drug-likeness (QED) is 0.251. The molecule has 2 aliphatic rings. The van der Waals surface area contributed by atoms with Crippen molar-refractivity contribution in [1.82, 2.24) is 4.90 Å². The lowest BCUT2D eigenvalue weighted by Crippen LogP contribution is -2.31. The van der Waals surface area contributed by atoms with Gasteiger partial charge in [0.2, 0.25) is 0 Å². The highest BCUT2D eigenvalue weighted by Gasteiger charge is 2.46. The first kappa shape index (κ1) is 24.4. The van der Waals surface area contributed by atoms with Crippen LogP contribution in [0.3, 0.4) is 0 Å². The summed E-state index contributed by atoms with van der Waals surface area (Å²) in [5.74, 6) is 0.306. The van der Waals surface area contributed by atoms with Crippen LogP contribution in [0.5, 0.6) is 23.0 Å². The number of nitrogens with zero attached hydrogens (tertiary/aromatic N) is 1. The van der Waals surface area contributed by atoms with Gasteiger partial charge in [-0.15, -0.1) is 0 Å². The van der Waals surface area contributed by atoms with Crippen molar-refractivity contribution < 1.29 is 38.4 Å². The van der Waals surface area contributed by atoms with Gasteiger partial charge in [-0.3, -0.25) is 9.59 Å². The highest BCUT2D eigenvalue weighted by molar-refractivity contribution is 6.46. The Bertz CT molecular complexity index is 1140. The molecule has 9 nitrogen and oxygen atoms in total. The van der Waals surface area contributed by atoms with Crippen LogP contribution in [-0.4, -0.2) is 68.9 Å². The van der Waals surface area contributed by atoms with Crippen molar-refractivity contribution >= 4 is 17.4 Å². The van der Waals surface area contributed by atoms with E-state index in [-0.39, 0.29) is 17.9 Å². The fourth-order valence-electron chi connectivity index (χ4n) is 4.31. The minimum atomic E-state index is -0.815. The Kier molecular flexibility index (Phi) is 7.45. The van der Waals surface area contributed by atoms with Crippen LogP contribution in [0, 0.1) is 0 Å². The SMILES string of the molecule is CCOc1ccc(C2/C(=C(/O)c3ccc4c(c3)OCCO4)C(=O)C(=O)N2CCCOC)cc1OC. The van der Waals surface area contributed by atoms with Crippen LogP contribution in [0.1, 0.15) is 30.5 Å². The lowest BCUT2D eigenvalue weighted by Gasteiger charge is -2.26. The van der Waals surface area contributed by atoms with Crippen LogP contribution in [0.2, 0.25) is 0 Å². The Balaban J connectivity index is 1.82. The Morgan fingerprint density at radius 3 is 2.54 bits per heavy atom. The van der Waals surface area contributed by atoms with Gasteiger partial charge in [0.15, 0.2) is 23.0 Å². The average Bonchev–Trinajstić information content (AvgIpc) is 3.13. The molecule has 0 aromatic heterocycles. The molecule has 9 heteroatoms. The van der Waals surface area contributed by atoms with Crippen molar-refractivity contribution in [2.75, 3.05) is 47.2 Å². The smallest absolute Gasteiger partial charge is 0.295 e. The van der Waals surface area contributed by atoms with Crippen molar-refractivity contribution in [3.05, 3.63) is 53.1 Å². The van der Waals surface area contributed by atoms with Gasteiger partial charge >= 0.3 is 0 Å². The van der Waals surface area contributed by atoms with Crippen molar-refractivity contribution in [3.63, 3.8) is 0 Å². The molecule has 2 heterocycles. The Morgan fingerprint density at radius 2 is 1.83 bits per heavy atom. The van der Waals surface area contributed by atoms with Crippen LogP contribution >= 0.6 is 0 Å². The molecule has 1 unspecified atom stereocenters. The van der Waals surface area contributed by atoms with Crippen molar-refractivity contribution in [2.45, 2.75) is 19.4 Å². The molecule has 2 aliphatic heterocycles. The first-order valence-corrected chi connectivity index (χ1v) is 11.5. The van der Waals surface area contributed by atoms with Gasteiger partial charge in [0.05, 0.1) is 25.3 Å². The van der Waals surface area contributed by atoms with Crippen LogP contribution in [0.25, 0.3) is 5.76 Å². The highest BCUT2D eigenvalue weighted by atomic mass is 16.6. The zero-order valence-corrected chi connectivity index (χ0v) is 20.0. The van der Waals surface area contributed by atoms with Crippen molar-refractivity contribution in [3.8, 4) is 23.0 Å². The van der Waals surface area contributed by atoms with E-state index in [2.05, 4.69) is 0 Å². The largest absolute Gasteiger partial charge is 0.507 e. The maximum Gasteiger partial charge on any atom is 0.295 e. The van der Waals surface area contributed by atoms with E-state index in [0.29, 0.717) is 67.0 Å². The fraction of sp³-hybridized carbons (Fsp3) is 0.385. The zero-order chi connectivity index (χ0) is 24.9. The summed E-state index contributed by atoms with van der Waals surface area (Å²) in [6.45, 7) is 3.83. The van der Waals surface area contributed by atoms with Gasteiger partial charge in [-0.25, -0.2) is 0 Å². The molecule has 2 aromatic rings. The Labute approximate surface area is 203 Å². The number of aliphatic hydroxyl groups is 1. The standard InChI is InChI=1S/C26H29NO8/c1-4-33-18-8-6-16(14-20(18)32-3)23-22(25(29)26(30)27(23)10-5-11-31-2)24(28)17-7-9-19-21(15-17)35-13-12-34-19/h6-9,14-15,23,28H,4-5,10-13H2,1-3H3/b24-22-. The topological polar surface area (TPSA) is 104 Å². The van der Waals surface area contributed by atoms with Crippen LogP contribution in [0.15, 0.2) is 42.0 Å². The van der Waals surface area contributed by atoms with Gasteiger partial charge in [-0.05, 0) is 49.2 Å². The molecule has 0 spiro atoms. The number of ether oxygens (including phenoxy) is 5. The Hall–Kier alpha value is -3.72.